The molecule has 3 heteroatoms. The van der Waals surface area contributed by atoms with Gasteiger partial charge in [-0.05, 0) is 32.8 Å². The zero-order valence-electron chi connectivity index (χ0n) is 12.5. The lowest BCUT2D eigenvalue weighted by atomic mass is 10.1. The average molecular weight is 262 g/mol. The van der Waals surface area contributed by atoms with Crippen LogP contribution in [0.25, 0.3) is 0 Å². The third-order valence-electron chi connectivity index (χ3n) is 3.30. The summed E-state index contributed by atoms with van der Waals surface area (Å²) >= 11 is 0. The standard InChI is InChI=1S/C16H26N2O/c1-5-6-11-17-16(19)14(4)18-13(3)15-9-7-12(2)8-10-15/h7-10,13-14,18H,5-6,11H2,1-4H3,(H,17,19)/t13-,14?/m0/s1. The van der Waals surface area contributed by atoms with E-state index in [0.29, 0.717) is 0 Å². The Bertz CT molecular complexity index is 386. The van der Waals surface area contributed by atoms with Gasteiger partial charge in [0.25, 0.3) is 0 Å². The molecule has 19 heavy (non-hydrogen) atoms. The highest BCUT2D eigenvalue weighted by Gasteiger charge is 2.15. The van der Waals surface area contributed by atoms with Crippen molar-refractivity contribution in [1.82, 2.24) is 10.6 Å². The number of carbonyl (C=O) groups excluding carboxylic acids is 1. The molecule has 1 unspecified atom stereocenters. The Morgan fingerprint density at radius 2 is 1.84 bits per heavy atom. The van der Waals surface area contributed by atoms with E-state index in [1.807, 2.05) is 6.92 Å². The molecule has 1 amide bonds. The Hall–Kier alpha value is -1.35. The monoisotopic (exact) mass is 262 g/mol. The van der Waals surface area contributed by atoms with Gasteiger partial charge in [0, 0.05) is 12.6 Å². The lowest BCUT2D eigenvalue weighted by Gasteiger charge is -2.20. The summed E-state index contributed by atoms with van der Waals surface area (Å²) in [4.78, 5) is 11.9. The molecule has 0 fully saturated rings. The molecule has 1 aromatic carbocycles. The molecule has 2 atom stereocenters. The first-order valence-corrected chi connectivity index (χ1v) is 7.15. The summed E-state index contributed by atoms with van der Waals surface area (Å²) in [7, 11) is 0. The summed E-state index contributed by atoms with van der Waals surface area (Å²) in [6.45, 7) is 8.95. The average Bonchev–Trinajstić information content (AvgIpc) is 2.39. The number of carbonyl (C=O) groups is 1. The zero-order chi connectivity index (χ0) is 14.3. The van der Waals surface area contributed by atoms with E-state index in [4.69, 9.17) is 0 Å². The smallest absolute Gasteiger partial charge is 0.236 e. The number of hydrogen-bond acceptors (Lipinski definition) is 2. The first-order chi connectivity index (χ1) is 9.04. The Balaban J connectivity index is 2.44. The van der Waals surface area contributed by atoms with Crippen molar-refractivity contribution in [3.8, 4) is 0 Å². The maximum absolute atomic E-state index is 11.9. The highest BCUT2D eigenvalue weighted by molar-refractivity contribution is 5.81. The van der Waals surface area contributed by atoms with Crippen molar-refractivity contribution in [3.63, 3.8) is 0 Å². The fraction of sp³-hybridized carbons (Fsp3) is 0.562. The normalized spacial score (nSPS) is 13.9. The third kappa shape index (κ3) is 5.43. The number of unbranched alkanes of at least 4 members (excludes halogenated alkanes) is 1. The second-order valence-electron chi connectivity index (χ2n) is 5.17. The number of rotatable bonds is 7. The molecule has 2 N–H and O–H groups in total. The molecule has 0 spiro atoms. The van der Waals surface area contributed by atoms with E-state index in [2.05, 4.69) is 55.7 Å². The number of amides is 1. The van der Waals surface area contributed by atoms with Crippen molar-refractivity contribution in [3.05, 3.63) is 35.4 Å². The van der Waals surface area contributed by atoms with E-state index >= 15 is 0 Å². The van der Waals surface area contributed by atoms with Crippen molar-refractivity contribution >= 4 is 5.91 Å². The molecule has 0 saturated heterocycles. The van der Waals surface area contributed by atoms with Gasteiger partial charge in [0.1, 0.15) is 0 Å². The molecular formula is C16H26N2O. The van der Waals surface area contributed by atoms with Crippen LogP contribution in [-0.4, -0.2) is 18.5 Å². The molecule has 106 valence electrons. The van der Waals surface area contributed by atoms with Crippen LogP contribution in [0.4, 0.5) is 0 Å². The van der Waals surface area contributed by atoms with Gasteiger partial charge in [0.15, 0.2) is 0 Å². The predicted molar refractivity (Wildman–Crippen MR) is 80.1 cm³/mol. The van der Waals surface area contributed by atoms with Crippen LogP contribution in [0.3, 0.4) is 0 Å². The quantitative estimate of drug-likeness (QED) is 0.742. The molecule has 3 nitrogen and oxygen atoms in total. The van der Waals surface area contributed by atoms with Crippen molar-refractivity contribution < 1.29 is 4.79 Å². The van der Waals surface area contributed by atoms with Gasteiger partial charge in [-0.1, -0.05) is 43.2 Å². The Morgan fingerprint density at radius 3 is 2.42 bits per heavy atom. The van der Waals surface area contributed by atoms with Gasteiger partial charge in [-0.3, -0.25) is 10.1 Å². The minimum absolute atomic E-state index is 0.0763. The van der Waals surface area contributed by atoms with Crippen LogP contribution in [0.1, 0.15) is 50.8 Å². The lowest BCUT2D eigenvalue weighted by molar-refractivity contribution is -0.122. The van der Waals surface area contributed by atoms with Crippen LogP contribution in [0, 0.1) is 6.92 Å². The largest absolute Gasteiger partial charge is 0.355 e. The van der Waals surface area contributed by atoms with Gasteiger partial charge < -0.3 is 5.32 Å². The number of nitrogens with one attached hydrogen (secondary N) is 2. The molecule has 0 aliphatic heterocycles. The van der Waals surface area contributed by atoms with Crippen molar-refractivity contribution in [2.45, 2.75) is 52.6 Å². The fourth-order valence-electron chi connectivity index (χ4n) is 1.94. The van der Waals surface area contributed by atoms with Crippen molar-refractivity contribution in [2.75, 3.05) is 6.54 Å². The van der Waals surface area contributed by atoms with Gasteiger partial charge in [0.05, 0.1) is 6.04 Å². The van der Waals surface area contributed by atoms with E-state index in [9.17, 15) is 4.79 Å². The summed E-state index contributed by atoms with van der Waals surface area (Å²) < 4.78 is 0. The minimum Gasteiger partial charge on any atom is -0.355 e. The molecule has 0 aliphatic carbocycles. The first kappa shape index (κ1) is 15.7. The van der Waals surface area contributed by atoms with Crippen LogP contribution in [0.15, 0.2) is 24.3 Å². The molecule has 0 bridgehead atoms. The predicted octanol–water partition coefficient (Wildman–Crippen LogP) is 2.95. The Kier molecular flexibility index (Phi) is 6.57. The van der Waals surface area contributed by atoms with Gasteiger partial charge in [-0.25, -0.2) is 0 Å². The summed E-state index contributed by atoms with van der Waals surface area (Å²) in [5.41, 5.74) is 2.46. The van der Waals surface area contributed by atoms with Crippen LogP contribution >= 0.6 is 0 Å². The van der Waals surface area contributed by atoms with E-state index < -0.39 is 0 Å². The zero-order valence-corrected chi connectivity index (χ0v) is 12.5. The second kappa shape index (κ2) is 7.95. The minimum atomic E-state index is -0.173. The topological polar surface area (TPSA) is 41.1 Å². The van der Waals surface area contributed by atoms with Gasteiger partial charge in [0.2, 0.25) is 5.91 Å². The van der Waals surface area contributed by atoms with Crippen LogP contribution in [0.5, 0.6) is 0 Å². The van der Waals surface area contributed by atoms with E-state index in [-0.39, 0.29) is 18.0 Å². The Labute approximate surface area is 116 Å². The SMILES string of the molecule is CCCCNC(=O)C(C)N[C@@H](C)c1ccc(C)cc1. The fourth-order valence-corrected chi connectivity index (χ4v) is 1.94. The lowest BCUT2D eigenvalue weighted by Crippen LogP contribution is -2.43. The van der Waals surface area contributed by atoms with Crippen LogP contribution < -0.4 is 10.6 Å². The van der Waals surface area contributed by atoms with E-state index in [1.54, 1.807) is 0 Å². The molecule has 0 radical (unpaired) electrons. The molecule has 0 saturated carbocycles. The van der Waals surface area contributed by atoms with E-state index in [0.717, 1.165) is 19.4 Å². The number of hydrogen-bond donors (Lipinski definition) is 2. The summed E-state index contributed by atoms with van der Waals surface area (Å²) in [6, 6.07) is 8.41. The molecule has 1 rings (SSSR count). The summed E-state index contributed by atoms with van der Waals surface area (Å²) in [5, 5.41) is 6.28. The maximum Gasteiger partial charge on any atom is 0.236 e. The molecular weight excluding hydrogens is 236 g/mol. The van der Waals surface area contributed by atoms with Gasteiger partial charge >= 0.3 is 0 Å². The summed E-state index contributed by atoms with van der Waals surface area (Å²) in [5.74, 6) is 0.0763. The first-order valence-electron chi connectivity index (χ1n) is 7.15. The highest BCUT2D eigenvalue weighted by atomic mass is 16.2. The Morgan fingerprint density at radius 1 is 1.21 bits per heavy atom. The second-order valence-corrected chi connectivity index (χ2v) is 5.17. The molecule has 1 aromatic rings. The third-order valence-corrected chi connectivity index (χ3v) is 3.30. The summed E-state index contributed by atoms with van der Waals surface area (Å²) in [6.07, 6.45) is 2.13. The van der Waals surface area contributed by atoms with Gasteiger partial charge in [-0.2, -0.15) is 0 Å². The number of benzene rings is 1. The maximum atomic E-state index is 11.9. The molecule has 0 aromatic heterocycles. The molecule has 0 aliphatic rings. The van der Waals surface area contributed by atoms with E-state index in [1.165, 1.54) is 11.1 Å². The molecule has 0 heterocycles. The van der Waals surface area contributed by atoms with Crippen LogP contribution in [-0.2, 0) is 4.79 Å². The van der Waals surface area contributed by atoms with Crippen molar-refractivity contribution in [1.29, 1.82) is 0 Å². The number of aryl methyl sites for hydroxylation is 1. The van der Waals surface area contributed by atoms with Crippen LogP contribution in [0.2, 0.25) is 0 Å². The highest BCUT2D eigenvalue weighted by Crippen LogP contribution is 2.13. The van der Waals surface area contributed by atoms with Gasteiger partial charge in [-0.15, -0.1) is 0 Å². The van der Waals surface area contributed by atoms with Crippen molar-refractivity contribution in [2.24, 2.45) is 0 Å².